The Morgan fingerprint density at radius 2 is 1.87 bits per heavy atom. The zero-order chi connectivity index (χ0) is 21.2. The number of unbranched alkanes of at least 4 members (excludes halogenated alkanes) is 1. The number of ether oxygens (including phenoxy) is 2. The van der Waals surface area contributed by atoms with Gasteiger partial charge in [0.1, 0.15) is 5.75 Å². The highest BCUT2D eigenvalue weighted by Gasteiger charge is 2.22. The van der Waals surface area contributed by atoms with Crippen LogP contribution in [0.25, 0.3) is 0 Å². The van der Waals surface area contributed by atoms with Crippen LogP contribution in [0.1, 0.15) is 36.5 Å². The normalized spacial score (nSPS) is 15.9. The molecule has 30 heavy (non-hydrogen) atoms. The fraction of sp³-hybridized carbons (Fsp3) is 0.458. The van der Waals surface area contributed by atoms with Crippen molar-refractivity contribution < 1.29 is 14.3 Å². The van der Waals surface area contributed by atoms with Gasteiger partial charge in [0.15, 0.2) is 0 Å². The highest BCUT2D eigenvalue weighted by Crippen LogP contribution is 2.23. The maximum atomic E-state index is 12.5. The summed E-state index contributed by atoms with van der Waals surface area (Å²) in [4.78, 5) is 14.9. The number of rotatable bonds is 11. The van der Waals surface area contributed by atoms with Gasteiger partial charge in [-0.25, -0.2) is 0 Å². The summed E-state index contributed by atoms with van der Waals surface area (Å²) < 4.78 is 10.7. The van der Waals surface area contributed by atoms with Crippen LogP contribution in [0.15, 0.2) is 48.5 Å². The lowest BCUT2D eigenvalue weighted by Gasteiger charge is -2.19. The van der Waals surface area contributed by atoms with Gasteiger partial charge in [0.25, 0.3) is 5.91 Å². The Balaban J connectivity index is 1.49. The summed E-state index contributed by atoms with van der Waals surface area (Å²) in [6, 6.07) is 15.8. The number of benzene rings is 2. The zero-order valence-corrected chi connectivity index (χ0v) is 18.0. The van der Waals surface area contributed by atoms with E-state index in [2.05, 4.69) is 34.6 Å². The average molecular weight is 412 g/mol. The summed E-state index contributed by atoms with van der Waals surface area (Å²) in [5, 5.41) is 6.49. The van der Waals surface area contributed by atoms with Crippen LogP contribution in [0.2, 0.25) is 0 Å². The second-order valence-corrected chi connectivity index (χ2v) is 7.61. The van der Waals surface area contributed by atoms with Gasteiger partial charge in [-0.2, -0.15) is 0 Å². The van der Waals surface area contributed by atoms with Gasteiger partial charge in [0, 0.05) is 49.7 Å². The van der Waals surface area contributed by atoms with Crippen LogP contribution in [-0.4, -0.2) is 51.9 Å². The third-order valence-electron chi connectivity index (χ3n) is 5.30. The van der Waals surface area contributed by atoms with Gasteiger partial charge in [-0.15, -0.1) is 0 Å². The van der Waals surface area contributed by atoms with Crippen LogP contribution in [-0.2, 0) is 4.74 Å². The summed E-state index contributed by atoms with van der Waals surface area (Å²) in [6.45, 7) is 6.47. The molecule has 0 radical (unpaired) electrons. The van der Waals surface area contributed by atoms with E-state index in [0.29, 0.717) is 18.2 Å². The minimum absolute atomic E-state index is 0.119. The second kappa shape index (κ2) is 11.6. The maximum Gasteiger partial charge on any atom is 0.255 e. The molecular weight excluding hydrogens is 378 g/mol. The molecule has 0 saturated carbocycles. The molecule has 162 valence electrons. The molecule has 1 saturated heterocycles. The number of amides is 1. The first kappa shape index (κ1) is 22.1. The molecule has 1 unspecified atom stereocenters. The predicted molar refractivity (Wildman–Crippen MR) is 122 cm³/mol. The number of anilines is 2. The Kier molecular flexibility index (Phi) is 8.53. The summed E-state index contributed by atoms with van der Waals surface area (Å²) in [5.74, 6) is 0.677. The SMILES string of the molecule is CCCCOc1ccc(C(=O)Nc2ccc(N3CCC(NCCOC)C3)cc2)cc1. The van der Waals surface area contributed by atoms with E-state index in [1.54, 1.807) is 19.2 Å². The first-order valence-electron chi connectivity index (χ1n) is 10.8. The summed E-state index contributed by atoms with van der Waals surface area (Å²) in [7, 11) is 1.72. The largest absolute Gasteiger partial charge is 0.494 e. The predicted octanol–water partition coefficient (Wildman–Crippen LogP) is 3.93. The van der Waals surface area contributed by atoms with E-state index in [1.165, 1.54) is 5.69 Å². The number of nitrogens with one attached hydrogen (secondary N) is 2. The first-order chi connectivity index (χ1) is 14.7. The Bertz CT molecular complexity index is 777. The van der Waals surface area contributed by atoms with E-state index in [9.17, 15) is 4.79 Å². The van der Waals surface area contributed by atoms with E-state index in [1.807, 2.05) is 24.3 Å². The molecule has 2 aromatic carbocycles. The molecule has 6 nitrogen and oxygen atoms in total. The van der Waals surface area contributed by atoms with Gasteiger partial charge in [0.05, 0.1) is 13.2 Å². The molecule has 2 N–H and O–H groups in total. The molecule has 3 rings (SSSR count). The minimum atomic E-state index is -0.119. The highest BCUT2D eigenvalue weighted by molar-refractivity contribution is 6.04. The van der Waals surface area contributed by atoms with Crippen molar-refractivity contribution in [1.29, 1.82) is 0 Å². The van der Waals surface area contributed by atoms with Gasteiger partial charge < -0.3 is 25.0 Å². The number of methoxy groups -OCH3 is 1. The van der Waals surface area contributed by atoms with Crippen molar-refractivity contribution >= 4 is 17.3 Å². The molecule has 1 aliphatic heterocycles. The van der Waals surface area contributed by atoms with Crippen molar-refractivity contribution in [3.05, 3.63) is 54.1 Å². The fourth-order valence-corrected chi connectivity index (χ4v) is 3.52. The standard InChI is InChI=1S/C24H33N3O3/c1-3-4-16-30-23-11-5-19(6-12-23)24(28)26-20-7-9-22(10-8-20)27-15-13-21(18-27)25-14-17-29-2/h5-12,21,25H,3-4,13-18H2,1-2H3,(H,26,28). The lowest BCUT2D eigenvalue weighted by Crippen LogP contribution is -2.34. The van der Waals surface area contributed by atoms with Crippen LogP contribution in [0, 0.1) is 0 Å². The Hall–Kier alpha value is -2.57. The quantitative estimate of drug-likeness (QED) is 0.549. The highest BCUT2D eigenvalue weighted by atomic mass is 16.5. The summed E-state index contributed by atoms with van der Waals surface area (Å²) in [6.07, 6.45) is 3.25. The average Bonchev–Trinajstić information content (AvgIpc) is 3.24. The van der Waals surface area contributed by atoms with Gasteiger partial charge >= 0.3 is 0 Å². The minimum Gasteiger partial charge on any atom is -0.494 e. The van der Waals surface area contributed by atoms with Gasteiger partial charge in [0.2, 0.25) is 0 Å². The molecule has 1 heterocycles. The van der Waals surface area contributed by atoms with Gasteiger partial charge in [-0.1, -0.05) is 13.3 Å². The van der Waals surface area contributed by atoms with Crippen LogP contribution >= 0.6 is 0 Å². The van der Waals surface area contributed by atoms with Crippen LogP contribution in [0.3, 0.4) is 0 Å². The topological polar surface area (TPSA) is 62.8 Å². The van der Waals surface area contributed by atoms with E-state index in [4.69, 9.17) is 9.47 Å². The molecule has 0 aromatic heterocycles. The molecule has 6 heteroatoms. The molecule has 1 aliphatic rings. The maximum absolute atomic E-state index is 12.5. The van der Waals surface area contributed by atoms with Crippen molar-refractivity contribution in [3.8, 4) is 5.75 Å². The number of carbonyl (C=O) groups is 1. The van der Waals surface area contributed by atoms with Crippen molar-refractivity contribution in [2.45, 2.75) is 32.2 Å². The fourth-order valence-electron chi connectivity index (χ4n) is 3.52. The van der Waals surface area contributed by atoms with E-state index in [0.717, 1.165) is 56.9 Å². The van der Waals surface area contributed by atoms with Crippen LogP contribution in [0.4, 0.5) is 11.4 Å². The Morgan fingerprint density at radius 3 is 2.57 bits per heavy atom. The summed E-state index contributed by atoms with van der Waals surface area (Å²) in [5.41, 5.74) is 2.59. The second-order valence-electron chi connectivity index (χ2n) is 7.61. The lowest BCUT2D eigenvalue weighted by atomic mass is 10.2. The van der Waals surface area contributed by atoms with Gasteiger partial charge in [-0.3, -0.25) is 4.79 Å². The first-order valence-corrected chi connectivity index (χ1v) is 10.8. The molecule has 1 amide bonds. The van der Waals surface area contributed by atoms with Crippen LogP contribution in [0.5, 0.6) is 5.75 Å². The smallest absolute Gasteiger partial charge is 0.255 e. The molecular formula is C24H33N3O3. The van der Waals surface area contributed by atoms with E-state index < -0.39 is 0 Å². The molecule has 2 aromatic rings. The number of nitrogens with zero attached hydrogens (tertiary/aromatic N) is 1. The molecule has 1 fully saturated rings. The Labute approximate surface area is 179 Å². The number of hydrogen-bond acceptors (Lipinski definition) is 5. The van der Waals surface area contributed by atoms with Gasteiger partial charge in [-0.05, 0) is 61.4 Å². The molecule has 1 atom stereocenters. The van der Waals surface area contributed by atoms with Crippen molar-refractivity contribution in [3.63, 3.8) is 0 Å². The molecule has 0 aliphatic carbocycles. The van der Waals surface area contributed by atoms with Crippen molar-refractivity contribution in [2.24, 2.45) is 0 Å². The van der Waals surface area contributed by atoms with E-state index in [-0.39, 0.29) is 5.91 Å². The molecule has 0 spiro atoms. The number of carbonyl (C=O) groups excluding carboxylic acids is 1. The third-order valence-corrected chi connectivity index (χ3v) is 5.30. The van der Waals surface area contributed by atoms with Crippen LogP contribution < -0.4 is 20.3 Å². The zero-order valence-electron chi connectivity index (χ0n) is 18.0. The van der Waals surface area contributed by atoms with Crippen molar-refractivity contribution in [1.82, 2.24) is 5.32 Å². The Morgan fingerprint density at radius 1 is 1.10 bits per heavy atom. The lowest BCUT2D eigenvalue weighted by molar-refractivity contribution is 0.102. The van der Waals surface area contributed by atoms with Crippen molar-refractivity contribution in [2.75, 3.05) is 50.2 Å². The summed E-state index contributed by atoms with van der Waals surface area (Å²) >= 11 is 0. The molecule has 0 bridgehead atoms. The van der Waals surface area contributed by atoms with E-state index >= 15 is 0 Å². The monoisotopic (exact) mass is 411 g/mol. The number of hydrogen-bond donors (Lipinski definition) is 2. The third kappa shape index (κ3) is 6.47.